The number of benzene rings is 1. The Morgan fingerprint density at radius 3 is 2.83 bits per heavy atom. The highest BCUT2D eigenvalue weighted by atomic mass is 35.5. The molecular weight excluding hydrogens is 312 g/mol. The van der Waals surface area contributed by atoms with Crippen LogP contribution in [0, 0.1) is 11.8 Å². The van der Waals surface area contributed by atoms with Gasteiger partial charge >= 0.3 is 0 Å². The molecule has 3 atom stereocenters. The van der Waals surface area contributed by atoms with Gasteiger partial charge in [0.15, 0.2) is 5.78 Å². The molecule has 1 saturated carbocycles. The van der Waals surface area contributed by atoms with E-state index in [0.29, 0.717) is 29.9 Å². The summed E-state index contributed by atoms with van der Waals surface area (Å²) in [5, 5.41) is 0. The highest BCUT2D eigenvalue weighted by molar-refractivity contribution is 5.96. The number of carbonyl (C=O) groups is 1. The first-order valence-electron chi connectivity index (χ1n) is 8.36. The van der Waals surface area contributed by atoms with Crippen LogP contribution in [0.1, 0.15) is 36.5 Å². The molecule has 128 valence electrons. The molecule has 1 aliphatic heterocycles. The lowest BCUT2D eigenvalue weighted by molar-refractivity contribution is 0.101. The van der Waals surface area contributed by atoms with Crippen LogP contribution in [0.4, 0.5) is 0 Å². The van der Waals surface area contributed by atoms with Crippen molar-refractivity contribution in [1.82, 2.24) is 4.90 Å². The Labute approximate surface area is 144 Å². The Bertz CT molecular complexity index is 538. The lowest BCUT2D eigenvalue weighted by atomic mass is 9.78. The fraction of sp³-hybridized carbons (Fsp3) is 0.611. The number of carbonyl (C=O) groups excluding carboxylic acids is 1. The van der Waals surface area contributed by atoms with E-state index in [0.717, 1.165) is 25.6 Å². The highest BCUT2D eigenvalue weighted by Crippen LogP contribution is 2.35. The third-order valence-corrected chi connectivity index (χ3v) is 5.16. The van der Waals surface area contributed by atoms with Crippen LogP contribution in [-0.4, -0.2) is 43.0 Å². The van der Waals surface area contributed by atoms with Gasteiger partial charge in [-0.2, -0.15) is 0 Å². The molecule has 1 heterocycles. The lowest BCUT2D eigenvalue weighted by Gasteiger charge is -2.29. The third-order valence-electron chi connectivity index (χ3n) is 5.16. The highest BCUT2D eigenvalue weighted by Gasteiger charge is 2.38. The molecule has 1 aromatic carbocycles. The molecule has 1 saturated heterocycles. The molecule has 2 N–H and O–H groups in total. The minimum Gasteiger partial charge on any atom is -0.491 e. The van der Waals surface area contributed by atoms with E-state index in [1.165, 1.54) is 19.3 Å². The number of hydrogen-bond donors (Lipinski definition) is 1. The first-order valence-corrected chi connectivity index (χ1v) is 8.36. The van der Waals surface area contributed by atoms with Crippen molar-refractivity contribution in [3.8, 4) is 5.75 Å². The van der Waals surface area contributed by atoms with Crippen molar-refractivity contribution >= 4 is 18.2 Å². The van der Waals surface area contributed by atoms with E-state index in [1.807, 2.05) is 24.3 Å². The van der Waals surface area contributed by atoms with Crippen molar-refractivity contribution < 1.29 is 9.53 Å². The van der Waals surface area contributed by atoms with E-state index < -0.39 is 0 Å². The Hall–Kier alpha value is -1.10. The Kier molecular flexibility index (Phi) is 6.45. The first-order chi connectivity index (χ1) is 10.6. The lowest BCUT2D eigenvalue weighted by Crippen LogP contribution is -2.38. The van der Waals surface area contributed by atoms with Crippen LogP contribution in [0.25, 0.3) is 0 Å². The molecule has 23 heavy (non-hydrogen) atoms. The van der Waals surface area contributed by atoms with Crippen LogP contribution < -0.4 is 10.5 Å². The van der Waals surface area contributed by atoms with E-state index in [-0.39, 0.29) is 18.2 Å². The zero-order valence-corrected chi connectivity index (χ0v) is 14.6. The number of ether oxygens (including phenoxy) is 1. The molecule has 2 fully saturated rings. The molecule has 0 spiro atoms. The van der Waals surface area contributed by atoms with Crippen LogP contribution in [0.3, 0.4) is 0 Å². The second-order valence-electron chi connectivity index (χ2n) is 6.68. The fourth-order valence-corrected chi connectivity index (χ4v) is 3.96. The molecule has 3 rings (SSSR count). The summed E-state index contributed by atoms with van der Waals surface area (Å²) < 4.78 is 5.85. The average Bonchev–Trinajstić information content (AvgIpc) is 2.92. The Balaban J connectivity index is 0.00000192. The normalized spacial score (nSPS) is 27.1. The van der Waals surface area contributed by atoms with Crippen molar-refractivity contribution in [3.05, 3.63) is 29.8 Å². The predicted molar refractivity (Wildman–Crippen MR) is 94.4 cm³/mol. The number of fused-ring (bicyclic) bond motifs is 1. The maximum atomic E-state index is 11.6. The topological polar surface area (TPSA) is 55.6 Å². The second-order valence-corrected chi connectivity index (χ2v) is 6.68. The molecule has 5 heteroatoms. The second kappa shape index (κ2) is 8.13. The smallest absolute Gasteiger partial charge is 0.163 e. The maximum absolute atomic E-state index is 11.6. The predicted octanol–water partition coefficient (Wildman–Crippen LogP) is 2.75. The summed E-state index contributed by atoms with van der Waals surface area (Å²) >= 11 is 0. The van der Waals surface area contributed by atoms with Gasteiger partial charge in [0, 0.05) is 25.7 Å². The molecule has 2 aliphatic rings. The molecule has 1 aliphatic carbocycles. The SMILES string of the molecule is CC(=O)c1ccccc1OCCN1CC2CCCC(N)C2C1.Cl. The summed E-state index contributed by atoms with van der Waals surface area (Å²) in [4.78, 5) is 14.1. The van der Waals surface area contributed by atoms with Crippen molar-refractivity contribution in [2.75, 3.05) is 26.2 Å². The summed E-state index contributed by atoms with van der Waals surface area (Å²) in [5.41, 5.74) is 6.93. The van der Waals surface area contributed by atoms with Crippen molar-refractivity contribution in [2.45, 2.75) is 32.2 Å². The molecular formula is C18H27ClN2O2. The number of ketones is 1. The van der Waals surface area contributed by atoms with Crippen molar-refractivity contribution in [3.63, 3.8) is 0 Å². The van der Waals surface area contributed by atoms with Gasteiger partial charge in [0.1, 0.15) is 12.4 Å². The number of likely N-dealkylation sites (tertiary alicyclic amines) is 1. The Morgan fingerprint density at radius 2 is 2.09 bits per heavy atom. The molecule has 0 amide bonds. The quantitative estimate of drug-likeness (QED) is 0.839. The number of halogens is 1. The van der Waals surface area contributed by atoms with E-state index in [4.69, 9.17) is 10.5 Å². The molecule has 0 aromatic heterocycles. The average molecular weight is 339 g/mol. The summed E-state index contributed by atoms with van der Waals surface area (Å²) in [6.07, 6.45) is 3.78. The van der Waals surface area contributed by atoms with E-state index in [9.17, 15) is 4.79 Å². The van der Waals surface area contributed by atoms with Crippen LogP contribution >= 0.6 is 12.4 Å². The van der Waals surface area contributed by atoms with Crippen LogP contribution in [0.5, 0.6) is 5.75 Å². The minimum atomic E-state index is 0. The molecule has 3 unspecified atom stereocenters. The summed E-state index contributed by atoms with van der Waals surface area (Å²) in [6, 6.07) is 7.85. The van der Waals surface area contributed by atoms with Crippen molar-refractivity contribution in [1.29, 1.82) is 0 Å². The van der Waals surface area contributed by atoms with Crippen LogP contribution in [0.15, 0.2) is 24.3 Å². The summed E-state index contributed by atoms with van der Waals surface area (Å²) in [5.74, 6) is 2.18. The van der Waals surface area contributed by atoms with Gasteiger partial charge in [0.05, 0.1) is 5.56 Å². The van der Waals surface area contributed by atoms with Crippen LogP contribution in [0.2, 0.25) is 0 Å². The molecule has 0 bridgehead atoms. The molecule has 1 aromatic rings. The zero-order valence-electron chi connectivity index (χ0n) is 13.7. The van der Waals surface area contributed by atoms with E-state index in [1.54, 1.807) is 6.92 Å². The van der Waals surface area contributed by atoms with Gasteiger partial charge in [-0.3, -0.25) is 9.69 Å². The standard InChI is InChI=1S/C18H26N2O2.ClH/c1-13(21)15-6-2-3-8-18(15)22-10-9-20-11-14-5-4-7-17(19)16(14)12-20;/h2-3,6,8,14,16-17H,4-5,7,9-12,19H2,1H3;1H. The number of para-hydroxylation sites is 1. The van der Waals surface area contributed by atoms with Gasteiger partial charge in [-0.05, 0) is 43.7 Å². The van der Waals surface area contributed by atoms with E-state index in [2.05, 4.69) is 4.90 Å². The number of Topliss-reactive ketones (excluding diaryl/α,β-unsaturated/α-hetero) is 1. The maximum Gasteiger partial charge on any atom is 0.163 e. The fourth-order valence-electron chi connectivity index (χ4n) is 3.96. The third kappa shape index (κ3) is 4.25. The number of nitrogens with two attached hydrogens (primary N) is 1. The van der Waals surface area contributed by atoms with E-state index >= 15 is 0 Å². The van der Waals surface area contributed by atoms with Gasteiger partial charge in [-0.15, -0.1) is 12.4 Å². The zero-order chi connectivity index (χ0) is 15.5. The number of nitrogens with zero attached hydrogens (tertiary/aromatic N) is 1. The summed E-state index contributed by atoms with van der Waals surface area (Å²) in [7, 11) is 0. The number of hydrogen-bond acceptors (Lipinski definition) is 4. The largest absolute Gasteiger partial charge is 0.491 e. The van der Waals surface area contributed by atoms with Gasteiger partial charge < -0.3 is 10.5 Å². The van der Waals surface area contributed by atoms with Gasteiger partial charge in [-0.1, -0.05) is 18.6 Å². The summed E-state index contributed by atoms with van der Waals surface area (Å²) in [6.45, 7) is 5.36. The Morgan fingerprint density at radius 1 is 1.30 bits per heavy atom. The minimum absolute atomic E-state index is 0. The monoisotopic (exact) mass is 338 g/mol. The first kappa shape index (κ1) is 18.2. The van der Waals surface area contributed by atoms with Crippen LogP contribution in [-0.2, 0) is 0 Å². The molecule has 4 nitrogen and oxygen atoms in total. The van der Waals surface area contributed by atoms with Gasteiger partial charge in [-0.25, -0.2) is 0 Å². The van der Waals surface area contributed by atoms with Crippen molar-refractivity contribution in [2.24, 2.45) is 17.6 Å². The molecule has 0 radical (unpaired) electrons. The van der Waals surface area contributed by atoms with Gasteiger partial charge in [0.2, 0.25) is 0 Å². The number of rotatable bonds is 5. The van der Waals surface area contributed by atoms with Gasteiger partial charge in [0.25, 0.3) is 0 Å².